The third-order valence-electron chi connectivity index (χ3n) is 4.61. The molecule has 0 aliphatic rings. The van der Waals surface area contributed by atoms with Crippen LogP contribution in [0.4, 0.5) is 4.39 Å². The highest BCUT2D eigenvalue weighted by Crippen LogP contribution is 2.30. The molecule has 0 saturated carbocycles. The monoisotopic (exact) mass is 411 g/mol. The van der Waals surface area contributed by atoms with Gasteiger partial charge in [0.1, 0.15) is 18.2 Å². The van der Waals surface area contributed by atoms with Crippen molar-refractivity contribution in [3.8, 4) is 5.75 Å². The Bertz CT molecular complexity index is 1060. The average Bonchev–Trinajstić information content (AvgIpc) is 3.22. The Balaban J connectivity index is 1.59. The zero-order valence-electron chi connectivity index (χ0n) is 15.1. The Morgan fingerprint density at radius 2 is 1.79 bits per heavy atom. The molecule has 4 rings (SSSR count). The predicted octanol–water partition coefficient (Wildman–Crippen LogP) is 6.56. The van der Waals surface area contributed by atoms with Gasteiger partial charge in [-0.05, 0) is 40.4 Å². The van der Waals surface area contributed by atoms with Crippen molar-refractivity contribution in [1.29, 1.82) is 0 Å². The average molecular weight is 412 g/mol. The standard InChI is InChI=1S/C23H19ClFNOS/c24-21-8-3-9-22(25)20(21)15-27-23-11-10-16-5-1-2-7-18(16)19(23)14-26-13-17-6-4-12-28-17/h1-12,26H,13-15H2. The van der Waals surface area contributed by atoms with Crippen LogP contribution in [-0.2, 0) is 19.7 Å². The van der Waals surface area contributed by atoms with E-state index in [0.29, 0.717) is 17.1 Å². The molecule has 0 saturated heterocycles. The van der Waals surface area contributed by atoms with Gasteiger partial charge in [0.2, 0.25) is 0 Å². The number of thiophene rings is 1. The highest BCUT2D eigenvalue weighted by molar-refractivity contribution is 7.09. The van der Waals surface area contributed by atoms with Crippen molar-refractivity contribution in [3.05, 3.63) is 99.0 Å². The van der Waals surface area contributed by atoms with Gasteiger partial charge < -0.3 is 10.1 Å². The number of halogens is 2. The molecule has 0 unspecified atom stereocenters. The number of benzene rings is 3. The Morgan fingerprint density at radius 3 is 2.61 bits per heavy atom. The summed E-state index contributed by atoms with van der Waals surface area (Å²) < 4.78 is 20.1. The van der Waals surface area contributed by atoms with Crippen molar-refractivity contribution >= 4 is 33.7 Å². The van der Waals surface area contributed by atoms with Crippen molar-refractivity contribution < 1.29 is 9.13 Å². The van der Waals surface area contributed by atoms with Crippen molar-refractivity contribution in [2.75, 3.05) is 0 Å². The molecule has 4 aromatic rings. The summed E-state index contributed by atoms with van der Waals surface area (Å²) in [6.45, 7) is 1.53. The number of fused-ring (bicyclic) bond motifs is 1. The minimum absolute atomic E-state index is 0.0851. The lowest BCUT2D eigenvalue weighted by atomic mass is 10.0. The zero-order valence-corrected chi connectivity index (χ0v) is 16.7. The Kier molecular flexibility index (Phi) is 5.91. The fourth-order valence-corrected chi connectivity index (χ4v) is 4.07. The molecule has 0 radical (unpaired) electrons. The van der Waals surface area contributed by atoms with Crippen LogP contribution in [0.25, 0.3) is 10.8 Å². The van der Waals surface area contributed by atoms with E-state index in [2.05, 4.69) is 28.9 Å². The summed E-state index contributed by atoms with van der Waals surface area (Å²) in [6, 6.07) is 21.0. The van der Waals surface area contributed by atoms with Crippen LogP contribution in [0.5, 0.6) is 5.75 Å². The van der Waals surface area contributed by atoms with E-state index in [9.17, 15) is 4.39 Å². The van der Waals surface area contributed by atoms with E-state index in [4.69, 9.17) is 16.3 Å². The van der Waals surface area contributed by atoms with Crippen molar-refractivity contribution in [2.45, 2.75) is 19.7 Å². The number of nitrogens with one attached hydrogen (secondary N) is 1. The molecule has 1 N–H and O–H groups in total. The molecule has 0 atom stereocenters. The SMILES string of the molecule is Fc1cccc(Cl)c1COc1ccc2ccccc2c1CNCc1cccs1. The van der Waals surface area contributed by atoms with Gasteiger partial charge in [0.15, 0.2) is 0 Å². The lowest BCUT2D eigenvalue weighted by Crippen LogP contribution is -2.13. The number of hydrogen-bond acceptors (Lipinski definition) is 3. The van der Waals surface area contributed by atoms with Gasteiger partial charge in [-0.3, -0.25) is 0 Å². The Hall–Kier alpha value is -2.40. The van der Waals surface area contributed by atoms with Gasteiger partial charge in [-0.1, -0.05) is 54.1 Å². The normalized spacial score (nSPS) is 11.1. The summed E-state index contributed by atoms with van der Waals surface area (Å²) in [4.78, 5) is 1.28. The van der Waals surface area contributed by atoms with Crippen LogP contribution < -0.4 is 10.1 Å². The molecule has 142 valence electrons. The minimum atomic E-state index is -0.356. The van der Waals surface area contributed by atoms with Crippen LogP contribution in [-0.4, -0.2) is 0 Å². The Morgan fingerprint density at radius 1 is 0.893 bits per heavy atom. The predicted molar refractivity (Wildman–Crippen MR) is 115 cm³/mol. The smallest absolute Gasteiger partial charge is 0.131 e. The third-order valence-corrected chi connectivity index (χ3v) is 5.84. The third kappa shape index (κ3) is 4.20. The van der Waals surface area contributed by atoms with Crippen LogP contribution in [0, 0.1) is 5.82 Å². The summed E-state index contributed by atoms with van der Waals surface area (Å²) in [5.41, 5.74) is 1.43. The first-order chi connectivity index (χ1) is 13.7. The maximum Gasteiger partial charge on any atom is 0.131 e. The second-order valence-electron chi connectivity index (χ2n) is 6.44. The topological polar surface area (TPSA) is 21.3 Å². The van der Waals surface area contributed by atoms with Gasteiger partial charge in [0, 0.05) is 29.1 Å². The fourth-order valence-electron chi connectivity index (χ4n) is 3.18. The maximum absolute atomic E-state index is 14.1. The Labute approximate surface area is 172 Å². The van der Waals surface area contributed by atoms with Gasteiger partial charge in [-0.25, -0.2) is 4.39 Å². The van der Waals surface area contributed by atoms with Crippen molar-refractivity contribution in [3.63, 3.8) is 0 Å². The fraction of sp³-hybridized carbons (Fsp3) is 0.130. The van der Waals surface area contributed by atoms with E-state index in [1.54, 1.807) is 23.5 Å². The molecule has 1 heterocycles. The quantitative estimate of drug-likeness (QED) is 0.371. The highest BCUT2D eigenvalue weighted by atomic mass is 35.5. The van der Waals surface area contributed by atoms with Crippen LogP contribution in [0.2, 0.25) is 5.02 Å². The van der Waals surface area contributed by atoms with Gasteiger partial charge in [-0.15, -0.1) is 11.3 Å². The second-order valence-corrected chi connectivity index (χ2v) is 7.87. The van der Waals surface area contributed by atoms with E-state index in [1.807, 2.05) is 30.3 Å². The first-order valence-electron chi connectivity index (χ1n) is 9.02. The molecule has 28 heavy (non-hydrogen) atoms. The van der Waals surface area contributed by atoms with Crippen LogP contribution in [0.15, 0.2) is 72.1 Å². The molecule has 5 heteroatoms. The summed E-state index contributed by atoms with van der Waals surface area (Å²) >= 11 is 7.87. The van der Waals surface area contributed by atoms with Crippen molar-refractivity contribution in [2.24, 2.45) is 0 Å². The summed E-state index contributed by atoms with van der Waals surface area (Å²) in [6.07, 6.45) is 0. The van der Waals surface area contributed by atoms with E-state index in [1.165, 1.54) is 10.9 Å². The van der Waals surface area contributed by atoms with Crippen LogP contribution >= 0.6 is 22.9 Å². The van der Waals surface area contributed by atoms with E-state index in [-0.39, 0.29) is 12.4 Å². The molecule has 1 aromatic heterocycles. The molecule has 0 bridgehead atoms. The molecule has 3 aromatic carbocycles. The maximum atomic E-state index is 14.1. The second kappa shape index (κ2) is 8.74. The number of hydrogen-bond donors (Lipinski definition) is 1. The highest BCUT2D eigenvalue weighted by Gasteiger charge is 2.12. The minimum Gasteiger partial charge on any atom is -0.488 e. The molecule has 0 aliphatic heterocycles. The molecule has 0 amide bonds. The molecule has 0 aliphatic carbocycles. The van der Waals surface area contributed by atoms with Crippen molar-refractivity contribution in [1.82, 2.24) is 5.32 Å². The van der Waals surface area contributed by atoms with E-state index >= 15 is 0 Å². The lowest BCUT2D eigenvalue weighted by Gasteiger charge is -2.16. The van der Waals surface area contributed by atoms with E-state index in [0.717, 1.165) is 28.6 Å². The molecule has 2 nitrogen and oxygen atoms in total. The molecular formula is C23H19ClFNOS. The van der Waals surface area contributed by atoms with Crippen LogP contribution in [0.3, 0.4) is 0 Å². The number of rotatable bonds is 7. The van der Waals surface area contributed by atoms with Gasteiger partial charge in [0.25, 0.3) is 0 Å². The summed E-state index contributed by atoms with van der Waals surface area (Å²) in [5.74, 6) is 0.377. The molecular weight excluding hydrogens is 393 g/mol. The molecule has 0 fully saturated rings. The van der Waals surface area contributed by atoms with Gasteiger partial charge in [-0.2, -0.15) is 0 Å². The van der Waals surface area contributed by atoms with Gasteiger partial charge in [0.05, 0.1) is 5.02 Å². The first kappa shape index (κ1) is 18.9. The number of ether oxygens (including phenoxy) is 1. The van der Waals surface area contributed by atoms with E-state index < -0.39 is 0 Å². The van der Waals surface area contributed by atoms with Crippen LogP contribution in [0.1, 0.15) is 16.0 Å². The largest absolute Gasteiger partial charge is 0.488 e. The first-order valence-corrected chi connectivity index (χ1v) is 10.3. The lowest BCUT2D eigenvalue weighted by molar-refractivity contribution is 0.296. The summed E-state index contributed by atoms with van der Waals surface area (Å²) in [5, 5.41) is 8.20. The zero-order chi connectivity index (χ0) is 19.3. The molecule has 0 spiro atoms. The van der Waals surface area contributed by atoms with Gasteiger partial charge >= 0.3 is 0 Å². The summed E-state index contributed by atoms with van der Waals surface area (Å²) in [7, 11) is 0.